The Morgan fingerprint density at radius 1 is 1.18 bits per heavy atom. The number of likely N-dealkylation sites (tertiary alicyclic amines) is 1. The Bertz CT molecular complexity index is 864. The molecule has 0 aromatic heterocycles. The number of carbonyl (C=O) groups is 1. The topological polar surface area (TPSA) is 57.5 Å². The molecule has 0 N–H and O–H groups in total. The minimum absolute atomic E-state index is 0.296. The van der Waals surface area contributed by atoms with E-state index in [2.05, 4.69) is 4.90 Å². The zero-order valence-electron chi connectivity index (χ0n) is 16.5. The van der Waals surface area contributed by atoms with Crippen molar-refractivity contribution in [2.75, 3.05) is 19.7 Å². The third-order valence-electron chi connectivity index (χ3n) is 5.35. The quantitative estimate of drug-likeness (QED) is 0.751. The number of benzene rings is 1. The van der Waals surface area contributed by atoms with Crippen LogP contribution in [-0.2, 0) is 9.53 Å². The van der Waals surface area contributed by atoms with Crippen LogP contribution in [0.25, 0.3) is 0 Å². The maximum Gasteiger partial charge on any atom is 0.338 e. The SMILES string of the molecule is CCOC(=O)C1=C(C)N=C2C=C(N3CCCCC3)N=CN2C1c1ccccc1. The highest BCUT2D eigenvalue weighted by Gasteiger charge is 2.37. The van der Waals surface area contributed by atoms with E-state index in [4.69, 9.17) is 14.7 Å². The second-order valence-corrected chi connectivity index (χ2v) is 7.20. The van der Waals surface area contributed by atoms with E-state index in [1.54, 1.807) is 0 Å². The van der Waals surface area contributed by atoms with E-state index < -0.39 is 0 Å². The van der Waals surface area contributed by atoms with E-state index in [1.807, 2.05) is 61.5 Å². The fourth-order valence-electron chi connectivity index (χ4n) is 3.99. The smallest absolute Gasteiger partial charge is 0.338 e. The van der Waals surface area contributed by atoms with E-state index >= 15 is 0 Å². The Kier molecular flexibility index (Phi) is 5.28. The molecule has 0 spiro atoms. The van der Waals surface area contributed by atoms with Crippen molar-refractivity contribution in [1.29, 1.82) is 0 Å². The second-order valence-electron chi connectivity index (χ2n) is 7.20. The summed E-state index contributed by atoms with van der Waals surface area (Å²) in [6.45, 7) is 6.09. The van der Waals surface area contributed by atoms with Crippen LogP contribution in [0.15, 0.2) is 63.5 Å². The monoisotopic (exact) mass is 378 g/mol. The van der Waals surface area contributed by atoms with Crippen molar-refractivity contribution in [3.8, 4) is 0 Å². The van der Waals surface area contributed by atoms with E-state index in [0.29, 0.717) is 17.9 Å². The van der Waals surface area contributed by atoms with Crippen LogP contribution in [0.3, 0.4) is 0 Å². The highest BCUT2D eigenvalue weighted by molar-refractivity contribution is 6.06. The van der Waals surface area contributed by atoms with E-state index in [-0.39, 0.29) is 12.0 Å². The summed E-state index contributed by atoms with van der Waals surface area (Å²) in [6.07, 6.45) is 7.52. The number of amidine groups is 1. The zero-order chi connectivity index (χ0) is 19.5. The standard InChI is InChI=1S/C22H26N4O2/c1-3-28-22(27)20-16(2)24-19-14-18(25-12-8-5-9-13-25)23-15-26(19)21(20)17-10-6-4-7-11-17/h4,6-7,10-11,14-15,21H,3,5,8-9,12-13H2,1-2H3. The van der Waals surface area contributed by atoms with Gasteiger partial charge in [0.1, 0.15) is 11.7 Å². The molecule has 3 aliphatic heterocycles. The third kappa shape index (κ3) is 3.46. The molecule has 0 bridgehead atoms. The summed E-state index contributed by atoms with van der Waals surface area (Å²) < 4.78 is 5.34. The van der Waals surface area contributed by atoms with E-state index in [1.165, 1.54) is 19.3 Å². The summed E-state index contributed by atoms with van der Waals surface area (Å²) in [4.78, 5) is 26.5. The molecule has 4 rings (SSSR count). The Morgan fingerprint density at radius 3 is 2.64 bits per heavy atom. The lowest BCUT2D eigenvalue weighted by atomic mass is 9.94. The van der Waals surface area contributed by atoms with Crippen LogP contribution in [0.1, 0.15) is 44.7 Å². The van der Waals surface area contributed by atoms with Gasteiger partial charge in [0.05, 0.1) is 30.3 Å². The van der Waals surface area contributed by atoms with Crippen molar-refractivity contribution in [2.45, 2.75) is 39.2 Å². The first-order valence-electron chi connectivity index (χ1n) is 9.99. The molecule has 6 nitrogen and oxygen atoms in total. The first-order valence-corrected chi connectivity index (χ1v) is 9.99. The lowest BCUT2D eigenvalue weighted by molar-refractivity contribution is -0.139. The average molecular weight is 378 g/mol. The summed E-state index contributed by atoms with van der Waals surface area (Å²) in [5, 5.41) is 0. The van der Waals surface area contributed by atoms with Crippen molar-refractivity contribution >= 4 is 18.1 Å². The van der Waals surface area contributed by atoms with Gasteiger partial charge in [-0.3, -0.25) is 0 Å². The van der Waals surface area contributed by atoms with Gasteiger partial charge in [-0.15, -0.1) is 0 Å². The number of hydrogen-bond acceptors (Lipinski definition) is 6. The van der Waals surface area contributed by atoms with Gasteiger partial charge < -0.3 is 14.5 Å². The molecule has 3 aliphatic rings. The molecule has 146 valence electrons. The Morgan fingerprint density at radius 2 is 1.93 bits per heavy atom. The number of ether oxygens (including phenoxy) is 1. The molecule has 0 amide bonds. The third-order valence-corrected chi connectivity index (χ3v) is 5.35. The first kappa shape index (κ1) is 18.5. The summed E-state index contributed by atoms with van der Waals surface area (Å²) in [6, 6.07) is 9.69. The minimum atomic E-state index is -0.323. The normalized spacial score (nSPS) is 21.9. The lowest BCUT2D eigenvalue weighted by Crippen LogP contribution is -2.42. The van der Waals surface area contributed by atoms with Gasteiger partial charge in [0, 0.05) is 19.2 Å². The van der Waals surface area contributed by atoms with Crippen LogP contribution >= 0.6 is 0 Å². The molecule has 0 saturated carbocycles. The molecule has 0 radical (unpaired) electrons. The van der Waals surface area contributed by atoms with Gasteiger partial charge in [-0.1, -0.05) is 30.3 Å². The summed E-state index contributed by atoms with van der Waals surface area (Å²) >= 11 is 0. The molecule has 1 unspecified atom stereocenters. The van der Waals surface area contributed by atoms with Gasteiger partial charge in [0.15, 0.2) is 0 Å². The maximum absolute atomic E-state index is 12.7. The number of rotatable bonds is 4. The summed E-state index contributed by atoms with van der Waals surface area (Å²) in [5.41, 5.74) is 2.28. The number of nitrogens with zero attached hydrogens (tertiary/aromatic N) is 4. The Labute approximate surface area is 165 Å². The van der Waals surface area contributed by atoms with Crippen LogP contribution in [0.5, 0.6) is 0 Å². The fraction of sp³-hybridized carbons (Fsp3) is 0.409. The predicted molar refractivity (Wildman–Crippen MR) is 110 cm³/mol. The zero-order valence-corrected chi connectivity index (χ0v) is 16.5. The van der Waals surface area contributed by atoms with Crippen molar-refractivity contribution in [2.24, 2.45) is 9.98 Å². The molecule has 1 fully saturated rings. The van der Waals surface area contributed by atoms with Crippen molar-refractivity contribution in [1.82, 2.24) is 9.80 Å². The van der Waals surface area contributed by atoms with Crippen LogP contribution in [0.2, 0.25) is 0 Å². The number of allylic oxidation sites excluding steroid dienone is 1. The van der Waals surface area contributed by atoms with Crippen molar-refractivity contribution < 1.29 is 9.53 Å². The van der Waals surface area contributed by atoms with Crippen molar-refractivity contribution in [3.63, 3.8) is 0 Å². The number of aliphatic imine (C=N–C) groups is 2. The largest absolute Gasteiger partial charge is 0.463 e. The van der Waals surface area contributed by atoms with Crippen LogP contribution in [-0.4, -0.2) is 47.6 Å². The molecule has 28 heavy (non-hydrogen) atoms. The molecule has 1 aromatic rings. The highest BCUT2D eigenvalue weighted by atomic mass is 16.5. The van der Waals surface area contributed by atoms with Gasteiger partial charge in [-0.2, -0.15) is 0 Å². The summed E-state index contributed by atoms with van der Waals surface area (Å²) in [7, 11) is 0. The van der Waals surface area contributed by atoms with Crippen LogP contribution < -0.4 is 0 Å². The Hall–Kier alpha value is -2.89. The molecule has 1 saturated heterocycles. The first-order chi connectivity index (χ1) is 13.7. The maximum atomic E-state index is 12.7. The lowest BCUT2D eigenvalue weighted by Gasteiger charge is -2.38. The molecular formula is C22H26N4O2. The van der Waals surface area contributed by atoms with Gasteiger partial charge in [0.25, 0.3) is 0 Å². The Balaban J connectivity index is 1.75. The highest BCUT2D eigenvalue weighted by Crippen LogP contribution is 2.36. The van der Waals surface area contributed by atoms with Gasteiger partial charge in [0.2, 0.25) is 0 Å². The molecule has 0 aliphatic carbocycles. The number of hydrogen-bond donors (Lipinski definition) is 0. The molecule has 1 atom stereocenters. The average Bonchev–Trinajstić information content (AvgIpc) is 2.73. The molecule has 6 heteroatoms. The van der Waals surface area contributed by atoms with E-state index in [9.17, 15) is 4.79 Å². The van der Waals surface area contributed by atoms with Gasteiger partial charge in [-0.25, -0.2) is 14.8 Å². The minimum Gasteiger partial charge on any atom is -0.463 e. The molecular weight excluding hydrogens is 352 g/mol. The number of fused-ring (bicyclic) bond motifs is 1. The summed E-state index contributed by atoms with van der Waals surface area (Å²) in [5.74, 6) is 1.44. The fourth-order valence-corrected chi connectivity index (χ4v) is 3.99. The number of piperidine rings is 1. The van der Waals surface area contributed by atoms with E-state index in [0.717, 1.165) is 30.3 Å². The van der Waals surface area contributed by atoms with Crippen LogP contribution in [0.4, 0.5) is 0 Å². The number of carbonyl (C=O) groups excluding carboxylic acids is 1. The molecule has 3 heterocycles. The molecule has 1 aromatic carbocycles. The van der Waals surface area contributed by atoms with Gasteiger partial charge in [-0.05, 0) is 38.7 Å². The predicted octanol–water partition coefficient (Wildman–Crippen LogP) is 3.65. The van der Waals surface area contributed by atoms with Crippen molar-refractivity contribution in [3.05, 3.63) is 59.1 Å². The van der Waals surface area contributed by atoms with Crippen LogP contribution in [0, 0.1) is 0 Å². The number of esters is 1. The van der Waals surface area contributed by atoms with Gasteiger partial charge >= 0.3 is 5.97 Å². The second kappa shape index (κ2) is 8.00.